The number of nitrogens with zero attached hydrogens (tertiary/aromatic N) is 1. The topological polar surface area (TPSA) is 57.7 Å². The number of carbonyl (C=O) groups excluding carboxylic acids is 1. The van der Waals surface area contributed by atoms with Gasteiger partial charge < -0.3 is 14.2 Å². The van der Waals surface area contributed by atoms with Crippen LogP contribution in [0.4, 0.5) is 0 Å². The zero-order chi connectivity index (χ0) is 16.5. The van der Waals surface area contributed by atoms with E-state index >= 15 is 0 Å². The van der Waals surface area contributed by atoms with Gasteiger partial charge in [0.1, 0.15) is 0 Å². The Bertz CT molecular complexity index is 628. The van der Waals surface area contributed by atoms with Gasteiger partial charge in [-0.25, -0.2) is 4.79 Å². The number of methoxy groups -OCH3 is 1. The Balaban J connectivity index is 1.86. The van der Waals surface area contributed by atoms with Gasteiger partial charge in [-0.3, -0.25) is 4.98 Å². The minimum Gasteiger partial charge on any atom is -0.493 e. The van der Waals surface area contributed by atoms with Crippen molar-refractivity contribution in [2.45, 2.75) is 19.8 Å². The number of rotatable bonds is 8. The number of carbonyl (C=O) groups is 1. The average molecular weight is 315 g/mol. The molecule has 1 heterocycles. The highest BCUT2D eigenvalue weighted by atomic mass is 16.5. The second-order valence-corrected chi connectivity index (χ2v) is 4.90. The van der Waals surface area contributed by atoms with E-state index in [-0.39, 0.29) is 5.97 Å². The molecule has 0 saturated heterocycles. The lowest BCUT2D eigenvalue weighted by Gasteiger charge is -2.11. The highest BCUT2D eigenvalue weighted by Crippen LogP contribution is 2.28. The fourth-order valence-corrected chi connectivity index (χ4v) is 2.14. The molecule has 0 N–H and O–H groups in total. The molecule has 0 bridgehead atoms. The van der Waals surface area contributed by atoms with Crippen molar-refractivity contribution < 1.29 is 19.0 Å². The van der Waals surface area contributed by atoms with Crippen molar-refractivity contribution in [1.29, 1.82) is 0 Å². The van der Waals surface area contributed by atoms with Gasteiger partial charge in [-0.2, -0.15) is 0 Å². The summed E-state index contributed by atoms with van der Waals surface area (Å²) < 4.78 is 16.0. The Labute approximate surface area is 136 Å². The summed E-state index contributed by atoms with van der Waals surface area (Å²) in [5.74, 6) is 0.777. The summed E-state index contributed by atoms with van der Waals surface area (Å²) in [6, 6.07) is 8.93. The molecule has 2 rings (SSSR count). The molecule has 5 nitrogen and oxygen atoms in total. The molecule has 0 spiro atoms. The Morgan fingerprint density at radius 3 is 2.78 bits per heavy atom. The highest BCUT2D eigenvalue weighted by Gasteiger charge is 2.12. The number of aromatic nitrogens is 1. The molecule has 0 fully saturated rings. The van der Waals surface area contributed by atoms with Crippen molar-refractivity contribution in [2.75, 3.05) is 20.3 Å². The third-order valence-corrected chi connectivity index (χ3v) is 3.26. The molecule has 1 aromatic carbocycles. The number of esters is 1. The predicted molar refractivity (Wildman–Crippen MR) is 87.0 cm³/mol. The van der Waals surface area contributed by atoms with Crippen molar-refractivity contribution in [3.05, 3.63) is 53.9 Å². The molecular weight excluding hydrogens is 294 g/mol. The molecule has 2 aromatic rings. The van der Waals surface area contributed by atoms with Crippen molar-refractivity contribution in [1.82, 2.24) is 4.98 Å². The number of hydrogen-bond donors (Lipinski definition) is 0. The molecule has 23 heavy (non-hydrogen) atoms. The van der Waals surface area contributed by atoms with Crippen LogP contribution in [-0.4, -0.2) is 31.3 Å². The Morgan fingerprint density at radius 2 is 2.09 bits per heavy atom. The predicted octanol–water partition coefficient (Wildman–Crippen LogP) is 3.28. The summed E-state index contributed by atoms with van der Waals surface area (Å²) in [5.41, 5.74) is 1.59. The molecule has 5 heteroatoms. The molecule has 1 aromatic heterocycles. The zero-order valence-electron chi connectivity index (χ0n) is 13.5. The van der Waals surface area contributed by atoms with E-state index in [9.17, 15) is 4.79 Å². The van der Waals surface area contributed by atoms with Crippen LogP contribution in [0.5, 0.6) is 11.5 Å². The monoisotopic (exact) mass is 315 g/mol. The molecule has 0 aliphatic heterocycles. The zero-order valence-corrected chi connectivity index (χ0v) is 13.5. The first-order valence-electron chi connectivity index (χ1n) is 7.61. The maximum atomic E-state index is 12.1. The summed E-state index contributed by atoms with van der Waals surface area (Å²) in [6.07, 6.45) is 5.14. The second kappa shape index (κ2) is 8.78. The van der Waals surface area contributed by atoms with Crippen molar-refractivity contribution in [3.63, 3.8) is 0 Å². The van der Waals surface area contributed by atoms with Crippen LogP contribution in [0.3, 0.4) is 0 Å². The van der Waals surface area contributed by atoms with Crippen LogP contribution < -0.4 is 9.47 Å². The summed E-state index contributed by atoms with van der Waals surface area (Å²) >= 11 is 0. The van der Waals surface area contributed by atoms with Crippen molar-refractivity contribution >= 4 is 5.97 Å². The highest BCUT2D eigenvalue weighted by molar-refractivity contribution is 5.90. The number of benzene rings is 1. The molecule has 0 radical (unpaired) electrons. The standard InChI is InChI=1S/C18H21NO4/c1-3-22-17-12-15(8-9-16(17)21-2)18(20)23-11-5-7-14-6-4-10-19-13-14/h4,6,8-10,12-13H,3,5,7,11H2,1-2H3. The normalized spacial score (nSPS) is 10.2. The smallest absolute Gasteiger partial charge is 0.338 e. The van der Waals surface area contributed by atoms with Gasteiger partial charge in [0.25, 0.3) is 0 Å². The summed E-state index contributed by atoms with van der Waals surface area (Å²) in [6.45, 7) is 2.74. The molecule has 0 aliphatic rings. The fourth-order valence-electron chi connectivity index (χ4n) is 2.14. The SMILES string of the molecule is CCOc1cc(C(=O)OCCCc2cccnc2)ccc1OC. The molecule has 122 valence electrons. The molecule has 0 amide bonds. The lowest BCUT2D eigenvalue weighted by molar-refractivity contribution is 0.0500. The van der Waals surface area contributed by atoms with Gasteiger partial charge in [-0.15, -0.1) is 0 Å². The van der Waals surface area contributed by atoms with Crippen LogP contribution in [0.1, 0.15) is 29.3 Å². The van der Waals surface area contributed by atoms with Crippen molar-refractivity contribution in [2.24, 2.45) is 0 Å². The molecule has 0 saturated carbocycles. The number of ether oxygens (including phenoxy) is 3. The second-order valence-electron chi connectivity index (χ2n) is 4.90. The molecular formula is C18H21NO4. The Kier molecular flexibility index (Phi) is 6.41. The summed E-state index contributed by atoms with van der Waals surface area (Å²) in [5, 5.41) is 0. The molecule has 0 aliphatic carbocycles. The van der Waals surface area contributed by atoms with E-state index < -0.39 is 0 Å². The van der Waals surface area contributed by atoms with Crippen LogP contribution in [0.25, 0.3) is 0 Å². The maximum Gasteiger partial charge on any atom is 0.338 e. The summed E-state index contributed by atoms with van der Waals surface area (Å²) in [7, 11) is 1.56. The van der Waals surface area contributed by atoms with Gasteiger partial charge in [0.15, 0.2) is 11.5 Å². The summed E-state index contributed by atoms with van der Waals surface area (Å²) in [4.78, 5) is 16.1. The van der Waals surface area contributed by atoms with Crippen LogP contribution in [0.15, 0.2) is 42.7 Å². The van der Waals surface area contributed by atoms with E-state index in [0.29, 0.717) is 30.3 Å². The number of pyridine rings is 1. The molecule has 0 atom stereocenters. The van der Waals surface area contributed by atoms with Gasteiger partial charge in [-0.1, -0.05) is 6.07 Å². The van der Waals surface area contributed by atoms with E-state index in [1.54, 1.807) is 31.5 Å². The van der Waals surface area contributed by atoms with Crippen LogP contribution >= 0.6 is 0 Å². The quantitative estimate of drug-likeness (QED) is 0.553. The lowest BCUT2D eigenvalue weighted by Crippen LogP contribution is -2.08. The van der Waals surface area contributed by atoms with Gasteiger partial charge >= 0.3 is 5.97 Å². The minimum absolute atomic E-state index is 0.361. The number of hydrogen-bond acceptors (Lipinski definition) is 5. The van der Waals surface area contributed by atoms with E-state index in [4.69, 9.17) is 14.2 Å². The third kappa shape index (κ3) is 4.98. The van der Waals surface area contributed by atoms with E-state index in [1.807, 2.05) is 25.3 Å². The van der Waals surface area contributed by atoms with Crippen molar-refractivity contribution in [3.8, 4) is 11.5 Å². The number of aryl methyl sites for hydroxylation is 1. The first kappa shape index (κ1) is 16.8. The first-order valence-corrected chi connectivity index (χ1v) is 7.61. The van der Waals surface area contributed by atoms with Crippen LogP contribution in [-0.2, 0) is 11.2 Å². The van der Waals surface area contributed by atoms with E-state index in [2.05, 4.69) is 4.98 Å². The first-order chi connectivity index (χ1) is 11.2. The van der Waals surface area contributed by atoms with Crippen LogP contribution in [0.2, 0.25) is 0 Å². The van der Waals surface area contributed by atoms with Gasteiger partial charge in [0.05, 0.1) is 25.9 Å². The van der Waals surface area contributed by atoms with Gasteiger partial charge in [0, 0.05) is 12.4 Å². The van der Waals surface area contributed by atoms with E-state index in [1.165, 1.54) is 0 Å². The largest absolute Gasteiger partial charge is 0.493 e. The lowest BCUT2D eigenvalue weighted by atomic mass is 10.2. The minimum atomic E-state index is -0.361. The maximum absolute atomic E-state index is 12.1. The third-order valence-electron chi connectivity index (χ3n) is 3.26. The molecule has 0 unspecified atom stereocenters. The van der Waals surface area contributed by atoms with E-state index in [0.717, 1.165) is 18.4 Å². The van der Waals surface area contributed by atoms with Gasteiger partial charge in [-0.05, 0) is 49.6 Å². The van der Waals surface area contributed by atoms with Gasteiger partial charge in [0.2, 0.25) is 0 Å². The Morgan fingerprint density at radius 1 is 1.22 bits per heavy atom. The Hall–Kier alpha value is -2.56. The fraction of sp³-hybridized carbons (Fsp3) is 0.333. The average Bonchev–Trinajstić information content (AvgIpc) is 2.59. The van der Waals surface area contributed by atoms with Crippen LogP contribution in [0, 0.1) is 0 Å².